The fourth-order valence-electron chi connectivity index (χ4n) is 2.27. The summed E-state index contributed by atoms with van der Waals surface area (Å²) < 4.78 is 0. The first-order chi connectivity index (χ1) is 4.76. The topological polar surface area (TPSA) is 37.3 Å². The van der Waals surface area contributed by atoms with Crippen molar-refractivity contribution in [1.82, 2.24) is 0 Å². The Kier molecular flexibility index (Phi) is 1.08. The van der Waals surface area contributed by atoms with Crippen molar-refractivity contribution >= 4 is 5.97 Å². The maximum atomic E-state index is 10.7. The summed E-state index contributed by atoms with van der Waals surface area (Å²) in [6.07, 6.45) is 5.43. The van der Waals surface area contributed by atoms with Gasteiger partial charge in [0.05, 0.1) is 5.41 Å². The van der Waals surface area contributed by atoms with Crippen LogP contribution in [0.2, 0.25) is 0 Å². The van der Waals surface area contributed by atoms with Crippen molar-refractivity contribution in [2.75, 3.05) is 0 Å². The molecule has 0 bridgehead atoms. The Bertz CT molecular complexity index is 176. The van der Waals surface area contributed by atoms with Crippen LogP contribution in [0.1, 0.15) is 32.1 Å². The fourth-order valence-corrected chi connectivity index (χ4v) is 2.27. The van der Waals surface area contributed by atoms with Gasteiger partial charge >= 0.3 is 5.97 Å². The molecule has 0 spiro atoms. The van der Waals surface area contributed by atoms with E-state index < -0.39 is 5.97 Å². The average Bonchev–Trinajstić information content (AvgIpc) is 2.61. The summed E-state index contributed by atoms with van der Waals surface area (Å²) in [6, 6.07) is 0. The highest BCUT2D eigenvalue weighted by atomic mass is 16.4. The lowest BCUT2D eigenvalue weighted by Gasteiger charge is -2.16. The summed E-state index contributed by atoms with van der Waals surface area (Å²) in [6.45, 7) is 0. The van der Waals surface area contributed by atoms with Gasteiger partial charge in [0.25, 0.3) is 0 Å². The van der Waals surface area contributed by atoms with Gasteiger partial charge in [0.1, 0.15) is 0 Å². The van der Waals surface area contributed by atoms with Gasteiger partial charge in [-0.05, 0) is 25.2 Å². The first-order valence-electron chi connectivity index (χ1n) is 3.99. The van der Waals surface area contributed by atoms with Crippen LogP contribution in [0.5, 0.6) is 0 Å². The maximum Gasteiger partial charge on any atom is 0.309 e. The SMILES string of the molecule is O=C(O)[C@@]12CCCC[C@H]1C2. The van der Waals surface area contributed by atoms with Gasteiger partial charge in [-0.15, -0.1) is 0 Å². The Labute approximate surface area is 60.2 Å². The standard InChI is InChI=1S/C8H12O2/c9-7(10)8-4-2-1-3-6(8)5-8/h6H,1-5H2,(H,9,10)/t6-,8+/m0/s1. The minimum absolute atomic E-state index is 0.238. The van der Waals surface area contributed by atoms with Crippen molar-refractivity contribution in [1.29, 1.82) is 0 Å². The Hall–Kier alpha value is -0.530. The van der Waals surface area contributed by atoms with Gasteiger partial charge in [0.15, 0.2) is 0 Å². The molecule has 2 saturated carbocycles. The highest BCUT2D eigenvalue weighted by molar-refractivity contribution is 5.78. The summed E-state index contributed by atoms with van der Waals surface area (Å²) in [5.74, 6) is -0.00375. The molecule has 2 rings (SSSR count). The molecule has 2 heteroatoms. The summed E-state index contributed by atoms with van der Waals surface area (Å²) >= 11 is 0. The molecule has 2 aliphatic carbocycles. The Balaban J connectivity index is 2.12. The number of hydrogen-bond acceptors (Lipinski definition) is 1. The zero-order valence-corrected chi connectivity index (χ0v) is 5.97. The third kappa shape index (κ3) is 0.619. The molecule has 0 aromatic carbocycles. The number of fused-ring (bicyclic) bond motifs is 1. The van der Waals surface area contributed by atoms with Gasteiger partial charge in [0, 0.05) is 0 Å². The molecule has 2 aliphatic rings. The van der Waals surface area contributed by atoms with E-state index in [0.717, 1.165) is 25.7 Å². The van der Waals surface area contributed by atoms with E-state index in [1.165, 1.54) is 6.42 Å². The van der Waals surface area contributed by atoms with Crippen molar-refractivity contribution in [2.45, 2.75) is 32.1 Å². The van der Waals surface area contributed by atoms with Crippen LogP contribution in [0.4, 0.5) is 0 Å². The molecule has 2 atom stereocenters. The van der Waals surface area contributed by atoms with E-state index >= 15 is 0 Å². The molecule has 10 heavy (non-hydrogen) atoms. The summed E-state index contributed by atoms with van der Waals surface area (Å²) in [7, 11) is 0. The minimum Gasteiger partial charge on any atom is -0.481 e. The molecule has 1 N–H and O–H groups in total. The third-order valence-electron chi connectivity index (χ3n) is 3.08. The molecule has 0 aromatic heterocycles. The molecule has 56 valence electrons. The van der Waals surface area contributed by atoms with E-state index in [4.69, 9.17) is 5.11 Å². The van der Waals surface area contributed by atoms with Crippen LogP contribution in [-0.2, 0) is 4.79 Å². The number of aliphatic carboxylic acids is 1. The van der Waals surface area contributed by atoms with E-state index in [1.54, 1.807) is 0 Å². The van der Waals surface area contributed by atoms with Gasteiger partial charge in [0.2, 0.25) is 0 Å². The average molecular weight is 140 g/mol. The minimum atomic E-state index is -0.544. The molecule has 0 heterocycles. The lowest BCUT2D eigenvalue weighted by Crippen LogP contribution is -2.20. The van der Waals surface area contributed by atoms with Gasteiger partial charge < -0.3 is 5.11 Å². The zero-order valence-electron chi connectivity index (χ0n) is 5.97. The van der Waals surface area contributed by atoms with Crippen LogP contribution in [0.15, 0.2) is 0 Å². The second kappa shape index (κ2) is 1.74. The van der Waals surface area contributed by atoms with Gasteiger partial charge in [-0.1, -0.05) is 12.8 Å². The second-order valence-corrected chi connectivity index (χ2v) is 3.61. The molecule has 2 nitrogen and oxygen atoms in total. The summed E-state index contributed by atoms with van der Waals surface area (Å²) in [5, 5.41) is 8.84. The van der Waals surface area contributed by atoms with Crippen molar-refractivity contribution in [2.24, 2.45) is 11.3 Å². The van der Waals surface area contributed by atoms with E-state index in [9.17, 15) is 4.79 Å². The molecule has 0 radical (unpaired) electrons. The van der Waals surface area contributed by atoms with E-state index in [-0.39, 0.29) is 5.41 Å². The highest BCUT2D eigenvalue weighted by Crippen LogP contribution is 2.61. The normalized spacial score (nSPS) is 44.2. The van der Waals surface area contributed by atoms with Crippen LogP contribution < -0.4 is 0 Å². The summed E-state index contributed by atoms with van der Waals surface area (Å²) in [5.41, 5.74) is -0.238. The Morgan fingerprint density at radius 2 is 2.30 bits per heavy atom. The van der Waals surface area contributed by atoms with Crippen LogP contribution in [0.3, 0.4) is 0 Å². The van der Waals surface area contributed by atoms with Gasteiger partial charge in [-0.2, -0.15) is 0 Å². The predicted molar refractivity (Wildman–Crippen MR) is 36.6 cm³/mol. The second-order valence-electron chi connectivity index (χ2n) is 3.61. The first kappa shape index (κ1) is 6.20. The van der Waals surface area contributed by atoms with E-state index in [0.29, 0.717) is 5.92 Å². The molecule has 0 aliphatic heterocycles. The van der Waals surface area contributed by atoms with Crippen molar-refractivity contribution < 1.29 is 9.90 Å². The van der Waals surface area contributed by atoms with Crippen LogP contribution in [0, 0.1) is 11.3 Å². The van der Waals surface area contributed by atoms with Crippen molar-refractivity contribution in [3.63, 3.8) is 0 Å². The summed E-state index contributed by atoms with van der Waals surface area (Å²) in [4.78, 5) is 10.7. The van der Waals surface area contributed by atoms with E-state index in [2.05, 4.69) is 0 Å². The van der Waals surface area contributed by atoms with Crippen molar-refractivity contribution in [3.05, 3.63) is 0 Å². The quantitative estimate of drug-likeness (QED) is 0.601. The predicted octanol–water partition coefficient (Wildman–Crippen LogP) is 1.65. The molecular weight excluding hydrogens is 128 g/mol. The first-order valence-corrected chi connectivity index (χ1v) is 3.99. The third-order valence-corrected chi connectivity index (χ3v) is 3.08. The smallest absolute Gasteiger partial charge is 0.309 e. The number of hydrogen-bond donors (Lipinski definition) is 1. The Morgan fingerprint density at radius 3 is 2.80 bits per heavy atom. The zero-order chi connectivity index (χ0) is 7.19. The largest absolute Gasteiger partial charge is 0.481 e. The molecular formula is C8H12O2. The van der Waals surface area contributed by atoms with Gasteiger partial charge in [-0.3, -0.25) is 4.79 Å². The van der Waals surface area contributed by atoms with Crippen LogP contribution in [0.25, 0.3) is 0 Å². The number of carbonyl (C=O) groups is 1. The number of rotatable bonds is 1. The maximum absolute atomic E-state index is 10.7. The number of carboxylic acids is 1. The molecule has 0 unspecified atom stereocenters. The molecule has 2 fully saturated rings. The molecule has 0 amide bonds. The number of carboxylic acid groups (broad SMARTS) is 1. The fraction of sp³-hybridized carbons (Fsp3) is 0.875. The highest BCUT2D eigenvalue weighted by Gasteiger charge is 2.60. The monoisotopic (exact) mass is 140 g/mol. The molecule has 0 aromatic rings. The van der Waals surface area contributed by atoms with Crippen molar-refractivity contribution in [3.8, 4) is 0 Å². The van der Waals surface area contributed by atoms with Crippen LogP contribution in [-0.4, -0.2) is 11.1 Å². The van der Waals surface area contributed by atoms with Crippen LogP contribution >= 0.6 is 0 Å². The lowest BCUT2D eigenvalue weighted by molar-refractivity contribution is -0.144. The van der Waals surface area contributed by atoms with E-state index in [1.807, 2.05) is 0 Å². The lowest BCUT2D eigenvalue weighted by atomic mass is 9.89. The van der Waals surface area contributed by atoms with Gasteiger partial charge in [-0.25, -0.2) is 0 Å². The Morgan fingerprint density at radius 1 is 1.50 bits per heavy atom. The molecule has 0 saturated heterocycles.